The molecule has 45 heavy (non-hydrogen) atoms. The zero-order valence-corrected chi connectivity index (χ0v) is 30.7. The number of esters is 1. The summed E-state index contributed by atoms with van der Waals surface area (Å²) in [5.41, 5.74) is 0. The molecule has 0 saturated heterocycles. The van der Waals surface area contributed by atoms with E-state index in [1.807, 2.05) is 21.1 Å². The summed E-state index contributed by atoms with van der Waals surface area (Å²) >= 11 is 0. The molecule has 0 aliphatic carbocycles. The van der Waals surface area contributed by atoms with Gasteiger partial charge >= 0.3 is 5.97 Å². The van der Waals surface area contributed by atoms with Gasteiger partial charge in [-0.15, -0.1) is 0 Å². The van der Waals surface area contributed by atoms with Gasteiger partial charge in [-0.3, -0.25) is 9.36 Å². The van der Waals surface area contributed by atoms with Crippen LogP contribution in [0.2, 0.25) is 0 Å². The number of allylic oxidation sites excluding steroid dienone is 2. The normalized spacial score (nSPS) is 14.2. The van der Waals surface area contributed by atoms with Crippen LogP contribution in [-0.2, 0) is 23.1 Å². The predicted octanol–water partition coefficient (Wildman–Crippen LogP) is 9.04. The maximum Gasteiger partial charge on any atom is 0.305 e. The molecule has 0 aromatic heterocycles. The van der Waals surface area contributed by atoms with Gasteiger partial charge in [-0.05, 0) is 25.7 Å². The van der Waals surface area contributed by atoms with Gasteiger partial charge in [0.1, 0.15) is 25.9 Å². The van der Waals surface area contributed by atoms with Crippen LogP contribution in [0, 0.1) is 0 Å². The van der Waals surface area contributed by atoms with E-state index in [1.165, 1.54) is 128 Å². The number of aliphatic hydroxyl groups is 1. The van der Waals surface area contributed by atoms with E-state index in [9.17, 15) is 19.4 Å². The molecule has 9 heteroatoms. The molecule has 0 heterocycles. The van der Waals surface area contributed by atoms with Crippen LogP contribution in [-0.4, -0.2) is 69.2 Å². The van der Waals surface area contributed by atoms with E-state index >= 15 is 0 Å². The molecule has 0 aliphatic heterocycles. The van der Waals surface area contributed by atoms with Crippen LogP contribution in [0.4, 0.5) is 0 Å². The molecule has 0 saturated carbocycles. The monoisotopic (exact) mass is 662 g/mol. The fraction of sp³-hybridized carbons (Fsp3) is 0.917. The summed E-state index contributed by atoms with van der Waals surface area (Å²) in [5.74, 6) is -0.416. The van der Waals surface area contributed by atoms with E-state index in [2.05, 4.69) is 23.6 Å². The number of ether oxygens (including phenoxy) is 1. The maximum atomic E-state index is 11.9. The number of nitrogens with zero attached hydrogens (tertiary/aromatic N) is 1. The smallest absolute Gasteiger partial charge is 0.305 e. The first-order valence-electron chi connectivity index (χ1n) is 18.4. The fourth-order valence-corrected chi connectivity index (χ4v) is 5.80. The van der Waals surface area contributed by atoms with Crippen molar-refractivity contribution in [3.63, 3.8) is 0 Å². The SMILES string of the molecule is CCCCCCCCCCCCCCCCCCCCCC/C=C/CCCC(=O)OC[C@@H](O)COP(=O)([O-])OCC[N+](C)(C)C. The van der Waals surface area contributed by atoms with Gasteiger partial charge in [-0.1, -0.05) is 141 Å². The highest BCUT2D eigenvalue weighted by Crippen LogP contribution is 2.38. The van der Waals surface area contributed by atoms with Crippen LogP contribution in [0.25, 0.3) is 0 Å². The largest absolute Gasteiger partial charge is 0.756 e. The lowest BCUT2D eigenvalue weighted by atomic mass is 10.0. The van der Waals surface area contributed by atoms with E-state index in [0.717, 1.165) is 12.8 Å². The van der Waals surface area contributed by atoms with Gasteiger partial charge in [0.05, 0.1) is 27.7 Å². The van der Waals surface area contributed by atoms with Crippen LogP contribution >= 0.6 is 7.82 Å². The van der Waals surface area contributed by atoms with Crippen LogP contribution in [0.15, 0.2) is 12.2 Å². The minimum atomic E-state index is -4.50. The van der Waals surface area contributed by atoms with E-state index in [-0.39, 0.29) is 19.6 Å². The van der Waals surface area contributed by atoms with Crippen molar-refractivity contribution in [2.75, 3.05) is 47.5 Å². The number of phosphoric ester groups is 1. The highest BCUT2D eigenvalue weighted by molar-refractivity contribution is 7.45. The van der Waals surface area contributed by atoms with Crippen molar-refractivity contribution < 1.29 is 37.6 Å². The Balaban J connectivity index is 3.43. The quantitative estimate of drug-likeness (QED) is 0.0241. The average Bonchev–Trinajstić information content (AvgIpc) is 2.98. The average molecular weight is 662 g/mol. The molecule has 8 nitrogen and oxygen atoms in total. The maximum absolute atomic E-state index is 11.9. The number of quaternary nitrogens is 1. The molecule has 268 valence electrons. The number of carbonyl (C=O) groups excluding carboxylic acids is 1. The van der Waals surface area contributed by atoms with Crippen molar-refractivity contribution in [3.8, 4) is 0 Å². The Hall–Kier alpha value is -0.760. The minimum Gasteiger partial charge on any atom is -0.756 e. The zero-order chi connectivity index (χ0) is 33.5. The second-order valence-electron chi connectivity index (χ2n) is 13.8. The summed E-state index contributed by atoms with van der Waals surface area (Å²) in [6.07, 6.45) is 33.8. The lowest BCUT2D eigenvalue weighted by molar-refractivity contribution is -0.870. The van der Waals surface area contributed by atoms with E-state index in [0.29, 0.717) is 17.4 Å². The number of carbonyl (C=O) groups is 1. The first-order valence-corrected chi connectivity index (χ1v) is 19.9. The molecule has 0 amide bonds. The number of phosphoric acid groups is 1. The first-order chi connectivity index (χ1) is 21.6. The molecule has 0 radical (unpaired) electrons. The van der Waals surface area contributed by atoms with E-state index in [1.54, 1.807) is 0 Å². The molecule has 2 atom stereocenters. The van der Waals surface area contributed by atoms with Gasteiger partial charge in [-0.25, -0.2) is 0 Å². The highest BCUT2D eigenvalue weighted by atomic mass is 31.2. The van der Waals surface area contributed by atoms with Gasteiger partial charge in [0.2, 0.25) is 0 Å². The standard InChI is InChI=1S/C36H72NO7P/c1-5-6-7-8-9-10-11-12-13-14-15-16-17-18-19-20-21-22-23-24-25-26-27-28-29-30-36(39)42-33-35(38)34-44-45(40,41)43-32-31-37(2,3)4/h26-27,35,38H,5-25,28-34H2,1-4H3/b27-26+/t35-/m1/s1. The van der Waals surface area contributed by atoms with Gasteiger partial charge in [-0.2, -0.15) is 0 Å². The Morgan fingerprint density at radius 3 is 1.56 bits per heavy atom. The van der Waals surface area contributed by atoms with Gasteiger partial charge in [0.25, 0.3) is 7.82 Å². The van der Waals surface area contributed by atoms with Crippen molar-refractivity contribution in [2.24, 2.45) is 0 Å². The Bertz CT molecular complexity index is 741. The third kappa shape index (κ3) is 35.9. The Morgan fingerprint density at radius 2 is 1.11 bits per heavy atom. The lowest BCUT2D eigenvalue weighted by Crippen LogP contribution is -2.37. The van der Waals surface area contributed by atoms with E-state index < -0.39 is 26.5 Å². The molecular formula is C36H72NO7P. The second-order valence-corrected chi connectivity index (χ2v) is 15.2. The second kappa shape index (κ2) is 30.6. The molecule has 0 rings (SSSR count). The molecular weight excluding hydrogens is 589 g/mol. The van der Waals surface area contributed by atoms with Crippen LogP contribution in [0.5, 0.6) is 0 Å². The zero-order valence-electron chi connectivity index (χ0n) is 29.8. The summed E-state index contributed by atoms with van der Waals surface area (Å²) < 4.78 is 26.8. The topological polar surface area (TPSA) is 105 Å². The summed E-state index contributed by atoms with van der Waals surface area (Å²) in [6, 6.07) is 0. The number of unbranched alkanes of at least 4 members (excludes halogenated alkanes) is 21. The summed E-state index contributed by atoms with van der Waals surface area (Å²) in [4.78, 5) is 23.6. The third-order valence-electron chi connectivity index (χ3n) is 8.02. The lowest BCUT2D eigenvalue weighted by Gasteiger charge is -2.27. The van der Waals surface area contributed by atoms with Crippen LogP contribution < -0.4 is 4.89 Å². The van der Waals surface area contributed by atoms with Gasteiger partial charge in [0, 0.05) is 6.42 Å². The van der Waals surface area contributed by atoms with Crippen LogP contribution in [0.3, 0.4) is 0 Å². The highest BCUT2D eigenvalue weighted by Gasteiger charge is 2.16. The summed E-state index contributed by atoms with van der Waals surface area (Å²) in [6.45, 7) is 1.94. The molecule has 1 unspecified atom stereocenters. The summed E-state index contributed by atoms with van der Waals surface area (Å²) in [7, 11) is 1.24. The van der Waals surface area contributed by atoms with Crippen molar-refractivity contribution in [1.82, 2.24) is 0 Å². The Morgan fingerprint density at radius 1 is 0.689 bits per heavy atom. The minimum absolute atomic E-state index is 0.0105. The predicted molar refractivity (Wildman–Crippen MR) is 185 cm³/mol. The number of hydrogen-bond acceptors (Lipinski definition) is 7. The van der Waals surface area contributed by atoms with Gasteiger partial charge in [0.15, 0.2) is 0 Å². The number of likely N-dealkylation sites (N-methyl/N-ethyl adjacent to an activating group) is 1. The first kappa shape index (κ1) is 44.2. The Labute approximate surface area is 277 Å². The van der Waals surface area contributed by atoms with E-state index in [4.69, 9.17) is 9.26 Å². The fourth-order valence-electron chi connectivity index (χ4n) is 5.07. The number of hydrogen-bond donors (Lipinski definition) is 1. The van der Waals surface area contributed by atoms with Crippen LogP contribution in [0.1, 0.15) is 161 Å². The van der Waals surface area contributed by atoms with Crippen molar-refractivity contribution in [2.45, 2.75) is 167 Å². The van der Waals surface area contributed by atoms with Crippen molar-refractivity contribution in [3.05, 3.63) is 12.2 Å². The molecule has 0 aromatic carbocycles. The molecule has 0 aromatic rings. The molecule has 0 spiro atoms. The number of aliphatic hydroxyl groups excluding tert-OH is 1. The van der Waals surface area contributed by atoms with Gasteiger partial charge < -0.3 is 28.3 Å². The van der Waals surface area contributed by atoms with Crippen molar-refractivity contribution >= 4 is 13.8 Å². The Kier molecular flexibility index (Phi) is 30.0. The molecule has 0 aliphatic rings. The van der Waals surface area contributed by atoms with Crippen molar-refractivity contribution in [1.29, 1.82) is 0 Å². The third-order valence-corrected chi connectivity index (χ3v) is 8.98. The molecule has 0 bridgehead atoms. The number of rotatable bonds is 34. The molecule has 1 N–H and O–H groups in total. The molecule has 0 fully saturated rings. The summed E-state index contributed by atoms with van der Waals surface area (Å²) in [5, 5.41) is 9.85.